The summed E-state index contributed by atoms with van der Waals surface area (Å²) in [6.45, 7) is 4.08. The first kappa shape index (κ1) is 15.8. The molecule has 1 fully saturated rings. The molecule has 0 radical (unpaired) electrons. The van der Waals surface area contributed by atoms with Crippen molar-refractivity contribution < 1.29 is 14.6 Å². The SMILES string of the molecule is C=C1CC[C@@H](C(=O)OC)C[C@@H]1[C@@H](O)CCc1ccccc1. The summed E-state index contributed by atoms with van der Waals surface area (Å²) in [5.74, 6) is -0.258. The van der Waals surface area contributed by atoms with Crippen molar-refractivity contribution in [2.45, 2.75) is 38.2 Å². The van der Waals surface area contributed by atoms with E-state index in [1.165, 1.54) is 12.7 Å². The van der Waals surface area contributed by atoms with Gasteiger partial charge in [-0.3, -0.25) is 4.79 Å². The molecule has 1 aliphatic carbocycles. The van der Waals surface area contributed by atoms with Gasteiger partial charge in [-0.2, -0.15) is 0 Å². The van der Waals surface area contributed by atoms with Crippen LogP contribution in [0.15, 0.2) is 42.5 Å². The summed E-state index contributed by atoms with van der Waals surface area (Å²) >= 11 is 0. The number of benzene rings is 1. The van der Waals surface area contributed by atoms with Crippen molar-refractivity contribution in [3.05, 3.63) is 48.0 Å². The van der Waals surface area contributed by atoms with Crippen LogP contribution in [0, 0.1) is 11.8 Å². The van der Waals surface area contributed by atoms with Crippen molar-refractivity contribution in [3.63, 3.8) is 0 Å². The molecule has 1 aliphatic rings. The zero-order valence-corrected chi connectivity index (χ0v) is 12.6. The Hall–Kier alpha value is -1.61. The lowest BCUT2D eigenvalue weighted by Crippen LogP contribution is -2.32. The topological polar surface area (TPSA) is 46.5 Å². The lowest BCUT2D eigenvalue weighted by molar-refractivity contribution is -0.147. The third-order valence-corrected chi connectivity index (χ3v) is 4.45. The molecule has 1 N–H and O–H groups in total. The summed E-state index contributed by atoms with van der Waals surface area (Å²) in [5, 5.41) is 10.5. The van der Waals surface area contributed by atoms with Crippen molar-refractivity contribution >= 4 is 5.97 Å². The molecular weight excluding hydrogens is 264 g/mol. The van der Waals surface area contributed by atoms with Gasteiger partial charge in [-0.15, -0.1) is 0 Å². The third kappa shape index (κ3) is 4.18. The quantitative estimate of drug-likeness (QED) is 0.669. The Bertz CT molecular complexity index is 480. The Balaban J connectivity index is 1.91. The van der Waals surface area contributed by atoms with E-state index in [9.17, 15) is 9.90 Å². The molecule has 0 unspecified atom stereocenters. The largest absolute Gasteiger partial charge is 0.469 e. The van der Waals surface area contributed by atoms with Gasteiger partial charge in [-0.1, -0.05) is 42.5 Å². The normalized spacial score (nSPS) is 23.6. The van der Waals surface area contributed by atoms with E-state index >= 15 is 0 Å². The zero-order chi connectivity index (χ0) is 15.2. The first-order valence-electron chi connectivity index (χ1n) is 7.59. The number of ether oxygens (including phenoxy) is 1. The van der Waals surface area contributed by atoms with Gasteiger partial charge in [0, 0.05) is 5.92 Å². The minimum Gasteiger partial charge on any atom is -0.469 e. The molecule has 0 aliphatic heterocycles. The Morgan fingerprint density at radius 2 is 2.14 bits per heavy atom. The minimum absolute atomic E-state index is 0.00608. The van der Waals surface area contributed by atoms with E-state index in [-0.39, 0.29) is 17.8 Å². The number of methoxy groups -OCH3 is 1. The van der Waals surface area contributed by atoms with Crippen LogP contribution in [0.5, 0.6) is 0 Å². The molecule has 3 nitrogen and oxygen atoms in total. The lowest BCUT2D eigenvalue weighted by Gasteiger charge is -2.33. The molecule has 3 heteroatoms. The van der Waals surface area contributed by atoms with E-state index < -0.39 is 6.10 Å². The maximum atomic E-state index is 11.7. The molecule has 0 amide bonds. The molecule has 0 spiro atoms. The standard InChI is InChI=1S/C18H24O3/c1-13-8-10-15(18(20)21-2)12-16(13)17(19)11-9-14-6-4-3-5-7-14/h3-7,15-17,19H,1,8-12H2,2H3/t15-,16+,17+/m1/s1. The van der Waals surface area contributed by atoms with Crippen LogP contribution in [-0.2, 0) is 16.0 Å². The fourth-order valence-corrected chi connectivity index (χ4v) is 3.11. The number of hydrogen-bond donors (Lipinski definition) is 1. The number of aryl methyl sites for hydroxylation is 1. The maximum absolute atomic E-state index is 11.7. The number of aliphatic hydroxyl groups excluding tert-OH is 1. The van der Waals surface area contributed by atoms with E-state index in [2.05, 4.69) is 18.7 Å². The van der Waals surface area contributed by atoms with E-state index in [0.717, 1.165) is 24.8 Å². The average Bonchev–Trinajstić information content (AvgIpc) is 2.53. The summed E-state index contributed by atoms with van der Waals surface area (Å²) in [4.78, 5) is 11.7. The van der Waals surface area contributed by atoms with Gasteiger partial charge in [0.15, 0.2) is 0 Å². The van der Waals surface area contributed by atoms with E-state index in [1.54, 1.807) is 0 Å². The van der Waals surface area contributed by atoms with Crippen LogP contribution < -0.4 is 0 Å². The summed E-state index contributed by atoms with van der Waals surface area (Å²) in [6.07, 6.45) is 3.34. The van der Waals surface area contributed by atoms with Crippen LogP contribution in [-0.4, -0.2) is 24.3 Å². The number of carbonyl (C=O) groups is 1. The average molecular weight is 288 g/mol. The maximum Gasteiger partial charge on any atom is 0.308 e. The summed E-state index contributed by atoms with van der Waals surface area (Å²) in [6, 6.07) is 10.1. The highest BCUT2D eigenvalue weighted by Crippen LogP contribution is 2.36. The fraction of sp³-hybridized carbons (Fsp3) is 0.500. The van der Waals surface area contributed by atoms with Crippen LogP contribution in [0.25, 0.3) is 0 Å². The van der Waals surface area contributed by atoms with Crippen molar-refractivity contribution in [3.8, 4) is 0 Å². The molecule has 0 aromatic heterocycles. The molecule has 114 valence electrons. The lowest BCUT2D eigenvalue weighted by atomic mass is 9.75. The molecule has 2 rings (SSSR count). The van der Waals surface area contributed by atoms with E-state index in [1.807, 2.05) is 18.2 Å². The highest BCUT2D eigenvalue weighted by atomic mass is 16.5. The van der Waals surface area contributed by atoms with Gasteiger partial charge < -0.3 is 9.84 Å². The van der Waals surface area contributed by atoms with Gasteiger partial charge in [0.25, 0.3) is 0 Å². The second-order valence-electron chi connectivity index (χ2n) is 5.85. The minimum atomic E-state index is -0.440. The Labute approximate surface area is 126 Å². The molecule has 0 heterocycles. The summed E-state index contributed by atoms with van der Waals surface area (Å²) < 4.78 is 4.83. The van der Waals surface area contributed by atoms with Crippen LogP contribution >= 0.6 is 0 Å². The molecule has 0 saturated heterocycles. The Kier molecular flexibility index (Phi) is 5.57. The second-order valence-corrected chi connectivity index (χ2v) is 5.85. The zero-order valence-electron chi connectivity index (χ0n) is 12.6. The van der Waals surface area contributed by atoms with Crippen LogP contribution in [0.3, 0.4) is 0 Å². The fourth-order valence-electron chi connectivity index (χ4n) is 3.11. The van der Waals surface area contributed by atoms with Crippen LogP contribution in [0.1, 0.15) is 31.2 Å². The summed E-state index contributed by atoms with van der Waals surface area (Å²) in [7, 11) is 1.42. The predicted octanol–water partition coefficient (Wildman–Crippen LogP) is 3.13. The van der Waals surface area contributed by atoms with Crippen molar-refractivity contribution in [1.82, 2.24) is 0 Å². The molecule has 1 aromatic carbocycles. The van der Waals surface area contributed by atoms with Gasteiger partial charge in [0.1, 0.15) is 0 Å². The van der Waals surface area contributed by atoms with Crippen molar-refractivity contribution in [2.75, 3.05) is 7.11 Å². The highest BCUT2D eigenvalue weighted by Gasteiger charge is 2.33. The Morgan fingerprint density at radius 1 is 1.43 bits per heavy atom. The summed E-state index contributed by atoms with van der Waals surface area (Å²) in [5.41, 5.74) is 2.29. The smallest absolute Gasteiger partial charge is 0.308 e. The molecule has 0 bridgehead atoms. The van der Waals surface area contributed by atoms with E-state index in [4.69, 9.17) is 4.74 Å². The number of esters is 1. The molecule has 1 aromatic rings. The molecule has 3 atom stereocenters. The predicted molar refractivity (Wildman–Crippen MR) is 82.8 cm³/mol. The van der Waals surface area contributed by atoms with Gasteiger partial charge >= 0.3 is 5.97 Å². The van der Waals surface area contributed by atoms with Gasteiger partial charge in [0.05, 0.1) is 19.1 Å². The van der Waals surface area contributed by atoms with Gasteiger partial charge in [0.2, 0.25) is 0 Å². The Morgan fingerprint density at radius 3 is 2.81 bits per heavy atom. The van der Waals surface area contributed by atoms with Gasteiger partial charge in [-0.05, 0) is 37.7 Å². The first-order valence-corrected chi connectivity index (χ1v) is 7.59. The number of rotatable bonds is 5. The third-order valence-electron chi connectivity index (χ3n) is 4.45. The van der Waals surface area contributed by atoms with Gasteiger partial charge in [-0.25, -0.2) is 0 Å². The number of carbonyl (C=O) groups excluding carboxylic acids is 1. The van der Waals surface area contributed by atoms with Crippen molar-refractivity contribution in [2.24, 2.45) is 11.8 Å². The van der Waals surface area contributed by atoms with Crippen LogP contribution in [0.2, 0.25) is 0 Å². The van der Waals surface area contributed by atoms with E-state index in [0.29, 0.717) is 12.8 Å². The highest BCUT2D eigenvalue weighted by molar-refractivity contribution is 5.72. The number of hydrogen-bond acceptors (Lipinski definition) is 3. The first-order chi connectivity index (χ1) is 10.1. The van der Waals surface area contributed by atoms with Crippen LogP contribution in [0.4, 0.5) is 0 Å². The number of aliphatic hydroxyl groups is 1. The van der Waals surface area contributed by atoms with Crippen molar-refractivity contribution in [1.29, 1.82) is 0 Å². The molecule has 21 heavy (non-hydrogen) atoms. The molecular formula is C18H24O3. The monoisotopic (exact) mass is 288 g/mol. The molecule has 1 saturated carbocycles. The second kappa shape index (κ2) is 7.41.